The molecule has 0 bridgehead atoms. The molecule has 0 saturated carbocycles. The van der Waals surface area contributed by atoms with Gasteiger partial charge in [-0.15, -0.1) is 0 Å². The van der Waals surface area contributed by atoms with Crippen LogP contribution in [0.4, 0.5) is 0 Å². The van der Waals surface area contributed by atoms with Crippen LogP contribution < -0.4 is 20.1 Å². The maximum absolute atomic E-state index is 5.44. The third-order valence-electron chi connectivity index (χ3n) is 5.61. The first-order valence-corrected chi connectivity index (χ1v) is 10.4. The minimum absolute atomic E-state index is 0.305. The number of guanidine groups is 1. The fourth-order valence-electron chi connectivity index (χ4n) is 3.91. The van der Waals surface area contributed by atoms with E-state index >= 15 is 0 Å². The molecule has 2 N–H and O–H groups in total. The van der Waals surface area contributed by atoms with Crippen molar-refractivity contribution in [3.05, 3.63) is 59.7 Å². The monoisotopic (exact) mass is 394 g/mol. The van der Waals surface area contributed by atoms with Crippen LogP contribution in [0.1, 0.15) is 17.5 Å². The fourth-order valence-corrected chi connectivity index (χ4v) is 3.91. The van der Waals surface area contributed by atoms with Gasteiger partial charge in [0, 0.05) is 33.2 Å². The smallest absolute Gasteiger partial charge is 0.231 e. The van der Waals surface area contributed by atoms with Crippen LogP contribution in [0.15, 0.2) is 53.5 Å². The highest BCUT2D eigenvalue weighted by atomic mass is 16.7. The van der Waals surface area contributed by atoms with Gasteiger partial charge in [0.15, 0.2) is 17.5 Å². The van der Waals surface area contributed by atoms with Crippen LogP contribution >= 0.6 is 0 Å². The van der Waals surface area contributed by atoms with Gasteiger partial charge in [-0.05, 0) is 48.6 Å². The Morgan fingerprint density at radius 3 is 2.79 bits per heavy atom. The number of aliphatic imine (C=N–C) groups is 1. The first-order valence-electron chi connectivity index (χ1n) is 10.4. The summed E-state index contributed by atoms with van der Waals surface area (Å²) in [6.45, 7) is 5.42. The summed E-state index contributed by atoms with van der Waals surface area (Å²) < 4.78 is 10.8. The molecule has 4 rings (SSSR count). The lowest BCUT2D eigenvalue weighted by molar-refractivity contribution is 0.174. The number of ether oxygens (including phenoxy) is 2. The highest BCUT2D eigenvalue weighted by Crippen LogP contribution is 2.32. The lowest BCUT2D eigenvalue weighted by Crippen LogP contribution is -2.40. The molecule has 0 spiro atoms. The summed E-state index contributed by atoms with van der Waals surface area (Å²) in [5.74, 6) is 3.13. The molecule has 2 aliphatic heterocycles. The molecule has 2 aromatic carbocycles. The molecule has 6 nitrogen and oxygen atoms in total. The molecule has 0 aromatic heterocycles. The van der Waals surface area contributed by atoms with Gasteiger partial charge in [-0.25, -0.2) is 0 Å². The van der Waals surface area contributed by atoms with E-state index < -0.39 is 0 Å². The van der Waals surface area contributed by atoms with Gasteiger partial charge >= 0.3 is 0 Å². The van der Waals surface area contributed by atoms with E-state index in [2.05, 4.69) is 56.9 Å². The quantitative estimate of drug-likeness (QED) is 0.559. The SMILES string of the molecule is CN=C(NCc1ccc2c(c1)OCO2)NCC1CCN(CCc2ccccc2)C1. The zero-order valence-corrected chi connectivity index (χ0v) is 17.1. The van der Waals surface area contributed by atoms with Gasteiger partial charge in [-0.2, -0.15) is 0 Å². The van der Waals surface area contributed by atoms with Crippen molar-refractivity contribution in [1.82, 2.24) is 15.5 Å². The molecule has 0 radical (unpaired) electrons. The number of benzene rings is 2. The van der Waals surface area contributed by atoms with Gasteiger partial charge in [-0.1, -0.05) is 36.4 Å². The third kappa shape index (κ3) is 5.41. The Morgan fingerprint density at radius 1 is 1.07 bits per heavy atom. The number of rotatable bonds is 7. The standard InChI is InChI=1S/C23H30N4O2/c1-24-23(25-14-19-7-8-21-22(13-19)29-17-28-21)26-15-20-10-12-27(16-20)11-9-18-5-3-2-4-6-18/h2-8,13,20H,9-12,14-17H2,1H3,(H2,24,25,26). The summed E-state index contributed by atoms with van der Waals surface area (Å²) >= 11 is 0. The Bertz CT molecular complexity index is 825. The van der Waals surface area contributed by atoms with Crippen molar-refractivity contribution in [1.29, 1.82) is 0 Å². The van der Waals surface area contributed by atoms with E-state index in [0.29, 0.717) is 19.3 Å². The van der Waals surface area contributed by atoms with E-state index in [1.807, 2.05) is 19.2 Å². The average Bonchev–Trinajstić information content (AvgIpc) is 3.42. The number of likely N-dealkylation sites (tertiary alicyclic amines) is 1. The summed E-state index contributed by atoms with van der Waals surface area (Å²) in [5.41, 5.74) is 2.56. The Morgan fingerprint density at radius 2 is 1.93 bits per heavy atom. The summed E-state index contributed by atoms with van der Waals surface area (Å²) in [5, 5.41) is 6.87. The maximum atomic E-state index is 5.44. The first kappa shape index (κ1) is 19.6. The molecular formula is C23H30N4O2. The highest BCUT2D eigenvalue weighted by Gasteiger charge is 2.22. The maximum Gasteiger partial charge on any atom is 0.231 e. The number of hydrogen-bond acceptors (Lipinski definition) is 4. The second-order valence-electron chi connectivity index (χ2n) is 7.69. The Balaban J connectivity index is 1.17. The highest BCUT2D eigenvalue weighted by molar-refractivity contribution is 5.79. The molecule has 0 amide bonds. The summed E-state index contributed by atoms with van der Waals surface area (Å²) in [6.07, 6.45) is 2.36. The fraction of sp³-hybridized carbons (Fsp3) is 0.435. The second kappa shape index (κ2) is 9.65. The molecule has 6 heteroatoms. The Kier molecular flexibility index (Phi) is 6.52. The molecule has 2 heterocycles. The first-order chi connectivity index (χ1) is 14.3. The number of nitrogens with zero attached hydrogens (tertiary/aromatic N) is 2. The topological polar surface area (TPSA) is 58.1 Å². The second-order valence-corrected chi connectivity index (χ2v) is 7.69. The normalized spacial score (nSPS) is 18.8. The van der Waals surface area contributed by atoms with Crippen LogP contribution in [-0.4, -0.2) is 50.9 Å². The van der Waals surface area contributed by atoms with Crippen molar-refractivity contribution >= 4 is 5.96 Å². The van der Waals surface area contributed by atoms with E-state index in [0.717, 1.165) is 49.1 Å². The summed E-state index contributed by atoms with van der Waals surface area (Å²) in [6, 6.07) is 16.8. The van der Waals surface area contributed by atoms with Crippen molar-refractivity contribution in [2.24, 2.45) is 10.9 Å². The summed E-state index contributed by atoms with van der Waals surface area (Å²) in [4.78, 5) is 6.93. The van der Waals surface area contributed by atoms with Crippen molar-refractivity contribution in [3.8, 4) is 11.5 Å². The molecule has 0 aliphatic carbocycles. The van der Waals surface area contributed by atoms with Crippen molar-refractivity contribution in [2.75, 3.05) is 40.0 Å². The van der Waals surface area contributed by atoms with Gasteiger partial charge in [-0.3, -0.25) is 4.99 Å². The van der Waals surface area contributed by atoms with Gasteiger partial charge < -0.3 is 25.0 Å². The van der Waals surface area contributed by atoms with E-state index in [9.17, 15) is 0 Å². The lowest BCUT2D eigenvalue weighted by Gasteiger charge is -2.17. The molecule has 1 saturated heterocycles. The lowest BCUT2D eigenvalue weighted by atomic mass is 10.1. The Labute approximate surface area is 172 Å². The van der Waals surface area contributed by atoms with Gasteiger partial charge in [0.05, 0.1) is 0 Å². The van der Waals surface area contributed by atoms with Crippen LogP contribution in [0.5, 0.6) is 11.5 Å². The Hall–Kier alpha value is -2.73. The number of nitrogens with one attached hydrogen (secondary N) is 2. The molecule has 2 aromatic rings. The van der Waals surface area contributed by atoms with Gasteiger partial charge in [0.25, 0.3) is 0 Å². The minimum atomic E-state index is 0.305. The third-order valence-corrected chi connectivity index (χ3v) is 5.61. The zero-order chi connectivity index (χ0) is 19.9. The number of hydrogen-bond donors (Lipinski definition) is 2. The van der Waals surface area contributed by atoms with E-state index in [4.69, 9.17) is 9.47 Å². The molecule has 2 aliphatic rings. The van der Waals surface area contributed by atoms with E-state index in [1.165, 1.54) is 18.5 Å². The van der Waals surface area contributed by atoms with Gasteiger partial charge in [0.2, 0.25) is 6.79 Å². The largest absolute Gasteiger partial charge is 0.454 e. The van der Waals surface area contributed by atoms with Crippen molar-refractivity contribution in [3.63, 3.8) is 0 Å². The predicted octanol–water partition coefficient (Wildman–Crippen LogP) is 2.64. The predicted molar refractivity (Wildman–Crippen MR) is 115 cm³/mol. The van der Waals surface area contributed by atoms with E-state index in [-0.39, 0.29) is 0 Å². The summed E-state index contributed by atoms with van der Waals surface area (Å²) in [7, 11) is 1.82. The molecule has 1 unspecified atom stereocenters. The van der Waals surface area contributed by atoms with Crippen LogP contribution in [0, 0.1) is 5.92 Å². The number of fused-ring (bicyclic) bond motifs is 1. The van der Waals surface area contributed by atoms with Crippen LogP contribution in [0.3, 0.4) is 0 Å². The minimum Gasteiger partial charge on any atom is -0.454 e. The van der Waals surface area contributed by atoms with Crippen LogP contribution in [0.25, 0.3) is 0 Å². The van der Waals surface area contributed by atoms with Crippen LogP contribution in [0.2, 0.25) is 0 Å². The molecule has 154 valence electrons. The van der Waals surface area contributed by atoms with E-state index in [1.54, 1.807) is 0 Å². The molecular weight excluding hydrogens is 364 g/mol. The zero-order valence-electron chi connectivity index (χ0n) is 17.1. The average molecular weight is 395 g/mol. The molecule has 29 heavy (non-hydrogen) atoms. The van der Waals surface area contributed by atoms with Crippen molar-refractivity contribution < 1.29 is 9.47 Å². The van der Waals surface area contributed by atoms with Gasteiger partial charge in [0.1, 0.15) is 0 Å². The molecule has 1 fully saturated rings. The molecule has 1 atom stereocenters. The van der Waals surface area contributed by atoms with Crippen LogP contribution in [-0.2, 0) is 13.0 Å². The van der Waals surface area contributed by atoms with Crippen molar-refractivity contribution in [2.45, 2.75) is 19.4 Å².